The van der Waals surface area contributed by atoms with E-state index in [9.17, 15) is 4.79 Å². The van der Waals surface area contributed by atoms with Gasteiger partial charge in [-0.1, -0.05) is 15.9 Å². The number of carbonyl (C=O) groups is 1. The van der Waals surface area contributed by atoms with Crippen molar-refractivity contribution in [2.75, 3.05) is 5.33 Å². The van der Waals surface area contributed by atoms with Crippen LogP contribution in [0.25, 0.3) is 0 Å². The van der Waals surface area contributed by atoms with Crippen LogP contribution < -0.4 is 5.32 Å². The monoisotopic (exact) mass is 207 g/mol. The molecule has 4 heteroatoms. The normalized spacial score (nSPS) is 29.7. The Labute approximate surface area is 67.9 Å². The van der Waals surface area contributed by atoms with Gasteiger partial charge in [-0.15, -0.1) is 0 Å². The minimum atomic E-state index is -0.901. The summed E-state index contributed by atoms with van der Waals surface area (Å²) in [7, 11) is 0. The highest BCUT2D eigenvalue weighted by atomic mass is 79.9. The Hall–Kier alpha value is -0.250. The fraction of sp³-hybridized carbons (Fsp3) is 0.833. The molecule has 2 atom stereocenters. The van der Waals surface area contributed by atoms with E-state index >= 15 is 0 Å². The van der Waals surface area contributed by atoms with E-state index in [1.54, 1.807) is 0 Å². The van der Waals surface area contributed by atoms with Crippen LogP contribution in [0.5, 0.6) is 0 Å². The molecule has 0 heterocycles. The zero-order chi connectivity index (χ0) is 7.56. The van der Waals surface area contributed by atoms with Crippen molar-refractivity contribution >= 4 is 22.0 Å². The summed E-state index contributed by atoms with van der Waals surface area (Å²) in [5.41, 5.74) is 0. The van der Waals surface area contributed by atoms with Gasteiger partial charge in [0.2, 0.25) is 0 Å². The first kappa shape index (κ1) is 7.85. The highest BCUT2D eigenvalue weighted by Gasteiger charge is 2.37. The van der Waals surface area contributed by atoms with Crippen molar-refractivity contribution < 1.29 is 9.90 Å². The Balaban J connectivity index is 2.07. The third-order valence-corrected chi connectivity index (χ3v) is 2.17. The van der Waals surface area contributed by atoms with Crippen LogP contribution in [-0.4, -0.2) is 22.6 Å². The lowest BCUT2D eigenvalue weighted by Crippen LogP contribution is -2.24. The first-order valence-electron chi connectivity index (χ1n) is 3.29. The van der Waals surface area contributed by atoms with Gasteiger partial charge in [-0.25, -0.2) is 4.79 Å². The van der Waals surface area contributed by atoms with Crippen LogP contribution in [0.1, 0.15) is 12.8 Å². The Morgan fingerprint density at radius 3 is 3.00 bits per heavy atom. The van der Waals surface area contributed by atoms with E-state index in [0.717, 1.165) is 18.2 Å². The molecule has 58 valence electrons. The van der Waals surface area contributed by atoms with E-state index in [4.69, 9.17) is 5.11 Å². The van der Waals surface area contributed by atoms with Crippen molar-refractivity contribution in [1.29, 1.82) is 0 Å². The fourth-order valence-electron chi connectivity index (χ4n) is 1.04. The minimum Gasteiger partial charge on any atom is -0.465 e. The van der Waals surface area contributed by atoms with Crippen molar-refractivity contribution in [3.05, 3.63) is 0 Å². The number of hydrogen-bond donors (Lipinski definition) is 2. The van der Waals surface area contributed by atoms with Crippen molar-refractivity contribution in [1.82, 2.24) is 5.32 Å². The number of carboxylic acid groups (broad SMARTS) is 1. The van der Waals surface area contributed by atoms with Gasteiger partial charge in [0.05, 0.1) is 0 Å². The molecule has 2 N–H and O–H groups in total. The molecule has 1 saturated carbocycles. The van der Waals surface area contributed by atoms with E-state index in [-0.39, 0.29) is 6.04 Å². The number of halogens is 1. The zero-order valence-electron chi connectivity index (χ0n) is 5.51. The first-order valence-corrected chi connectivity index (χ1v) is 4.41. The molecular weight excluding hydrogens is 198 g/mol. The van der Waals surface area contributed by atoms with Gasteiger partial charge in [-0.2, -0.15) is 0 Å². The van der Waals surface area contributed by atoms with Crippen molar-refractivity contribution in [3.8, 4) is 0 Å². The molecule has 1 aliphatic rings. The summed E-state index contributed by atoms with van der Waals surface area (Å²) in [6, 6.07) is 0.232. The Bertz CT molecular complexity index is 140. The number of rotatable bonds is 3. The lowest BCUT2D eigenvalue weighted by molar-refractivity contribution is 0.193. The highest BCUT2D eigenvalue weighted by Crippen LogP contribution is 2.33. The maximum atomic E-state index is 10.1. The fourth-order valence-corrected chi connectivity index (χ4v) is 1.63. The highest BCUT2D eigenvalue weighted by molar-refractivity contribution is 9.09. The van der Waals surface area contributed by atoms with E-state index in [1.807, 2.05) is 0 Å². The third kappa shape index (κ3) is 2.17. The zero-order valence-corrected chi connectivity index (χ0v) is 7.10. The van der Waals surface area contributed by atoms with Gasteiger partial charge in [0.25, 0.3) is 0 Å². The average Bonchev–Trinajstić information content (AvgIpc) is 2.47. The summed E-state index contributed by atoms with van der Waals surface area (Å²) in [6.45, 7) is 0. The van der Waals surface area contributed by atoms with E-state index in [0.29, 0.717) is 5.92 Å². The quantitative estimate of drug-likeness (QED) is 0.689. The summed E-state index contributed by atoms with van der Waals surface area (Å²) in [6.07, 6.45) is 1.19. The Morgan fingerprint density at radius 1 is 1.80 bits per heavy atom. The summed E-state index contributed by atoms with van der Waals surface area (Å²) in [5.74, 6) is 0.579. The largest absolute Gasteiger partial charge is 0.465 e. The number of nitrogens with one attached hydrogen (secondary N) is 1. The predicted octanol–water partition coefficient (Wildman–Crippen LogP) is 1.43. The second-order valence-electron chi connectivity index (χ2n) is 2.53. The molecule has 0 spiro atoms. The van der Waals surface area contributed by atoms with Gasteiger partial charge in [-0.3, -0.25) is 0 Å². The standard InChI is InChI=1S/C6H10BrNO2/c7-2-1-4-3-5(4)8-6(9)10/h4-5,8H,1-3H2,(H,9,10). The van der Waals surface area contributed by atoms with Gasteiger partial charge >= 0.3 is 6.09 Å². The molecule has 2 unspecified atom stereocenters. The number of amides is 1. The molecule has 0 radical (unpaired) electrons. The summed E-state index contributed by atoms with van der Waals surface area (Å²) < 4.78 is 0. The molecular formula is C6H10BrNO2. The predicted molar refractivity (Wildman–Crippen MR) is 41.5 cm³/mol. The molecule has 1 amide bonds. The number of alkyl halides is 1. The average molecular weight is 208 g/mol. The van der Waals surface area contributed by atoms with Gasteiger partial charge in [-0.05, 0) is 18.8 Å². The van der Waals surface area contributed by atoms with Crippen molar-refractivity contribution in [2.24, 2.45) is 5.92 Å². The molecule has 1 aliphatic carbocycles. The maximum Gasteiger partial charge on any atom is 0.404 e. The van der Waals surface area contributed by atoms with Crippen LogP contribution in [0.2, 0.25) is 0 Å². The lowest BCUT2D eigenvalue weighted by atomic mass is 10.3. The van der Waals surface area contributed by atoms with Gasteiger partial charge < -0.3 is 10.4 Å². The van der Waals surface area contributed by atoms with E-state index in [2.05, 4.69) is 21.2 Å². The smallest absolute Gasteiger partial charge is 0.404 e. The van der Waals surface area contributed by atoms with Crippen LogP contribution >= 0.6 is 15.9 Å². The van der Waals surface area contributed by atoms with Crippen molar-refractivity contribution in [3.63, 3.8) is 0 Å². The molecule has 0 aromatic heterocycles. The summed E-state index contributed by atoms with van der Waals surface area (Å²) in [5, 5.41) is 11.7. The summed E-state index contributed by atoms with van der Waals surface area (Å²) >= 11 is 3.31. The maximum absolute atomic E-state index is 10.1. The van der Waals surface area contributed by atoms with Crippen LogP contribution in [0.3, 0.4) is 0 Å². The number of hydrogen-bond acceptors (Lipinski definition) is 1. The van der Waals surface area contributed by atoms with Crippen LogP contribution in [0, 0.1) is 5.92 Å². The molecule has 0 saturated heterocycles. The lowest BCUT2D eigenvalue weighted by Gasteiger charge is -1.95. The van der Waals surface area contributed by atoms with Crippen LogP contribution in [0.4, 0.5) is 4.79 Å². The molecule has 3 nitrogen and oxygen atoms in total. The Morgan fingerprint density at radius 2 is 2.50 bits per heavy atom. The molecule has 0 aromatic rings. The van der Waals surface area contributed by atoms with Gasteiger partial charge in [0, 0.05) is 11.4 Å². The summed E-state index contributed by atoms with van der Waals surface area (Å²) in [4.78, 5) is 10.1. The van der Waals surface area contributed by atoms with E-state index in [1.165, 1.54) is 0 Å². The van der Waals surface area contributed by atoms with Crippen LogP contribution in [0.15, 0.2) is 0 Å². The SMILES string of the molecule is O=C(O)NC1CC1CCBr. The second-order valence-corrected chi connectivity index (χ2v) is 3.32. The van der Waals surface area contributed by atoms with Gasteiger partial charge in [0.1, 0.15) is 0 Å². The van der Waals surface area contributed by atoms with Crippen LogP contribution in [-0.2, 0) is 0 Å². The van der Waals surface area contributed by atoms with Gasteiger partial charge in [0.15, 0.2) is 0 Å². The third-order valence-electron chi connectivity index (χ3n) is 1.71. The molecule has 0 aliphatic heterocycles. The molecule has 10 heavy (non-hydrogen) atoms. The van der Waals surface area contributed by atoms with E-state index < -0.39 is 6.09 Å². The Kier molecular flexibility index (Phi) is 2.54. The first-order chi connectivity index (χ1) is 4.74. The molecule has 1 fully saturated rings. The second kappa shape index (κ2) is 3.23. The molecule has 0 aromatic carbocycles. The topological polar surface area (TPSA) is 49.3 Å². The molecule has 0 bridgehead atoms. The molecule has 1 rings (SSSR count). The minimum absolute atomic E-state index is 0.232. The van der Waals surface area contributed by atoms with Crippen molar-refractivity contribution in [2.45, 2.75) is 18.9 Å².